The zero-order chi connectivity index (χ0) is 14.2. The summed E-state index contributed by atoms with van der Waals surface area (Å²) in [4.78, 5) is 20.8. The van der Waals surface area contributed by atoms with Crippen molar-refractivity contribution < 1.29 is 19.4 Å². The van der Waals surface area contributed by atoms with E-state index in [1.165, 1.54) is 5.56 Å². The molecule has 1 aromatic rings. The van der Waals surface area contributed by atoms with Gasteiger partial charge in [0, 0.05) is 0 Å². The fourth-order valence-corrected chi connectivity index (χ4v) is 1.46. The number of thiophene rings is 1. The molecule has 1 rings (SSSR count). The quantitative estimate of drug-likeness (QED) is 0.868. The summed E-state index contributed by atoms with van der Waals surface area (Å²) in [6.07, 6.45) is -0.718. The average Bonchev–Trinajstić information content (AvgIpc) is 2.64. The molecule has 1 heterocycles. The van der Waals surface area contributed by atoms with Crippen molar-refractivity contribution in [3.05, 3.63) is 22.4 Å². The summed E-state index contributed by atoms with van der Waals surface area (Å²) >= 11 is 1.74. The monoisotopic (exact) mass is 273 g/mol. The highest BCUT2D eigenvalue weighted by Gasteiger charge is 2.15. The number of nitrogens with one attached hydrogen (secondary N) is 1. The molecule has 1 amide bonds. The summed E-state index contributed by atoms with van der Waals surface area (Å²) in [5.74, 6) is -1.10. The molecule has 2 N–H and O–H groups in total. The molecule has 0 unspecified atom stereocenters. The van der Waals surface area contributed by atoms with Crippen LogP contribution >= 0.6 is 11.3 Å². The average molecular weight is 273 g/mol. The van der Waals surface area contributed by atoms with Crippen molar-refractivity contribution in [2.75, 3.05) is 6.54 Å². The van der Waals surface area contributed by atoms with Gasteiger partial charge < -0.3 is 15.2 Å². The molecule has 0 aliphatic rings. The van der Waals surface area contributed by atoms with Gasteiger partial charge in [0.1, 0.15) is 12.1 Å². The van der Waals surface area contributed by atoms with E-state index in [1.54, 1.807) is 32.1 Å². The Hall–Kier alpha value is -1.56. The van der Waals surface area contributed by atoms with Crippen molar-refractivity contribution in [1.82, 2.24) is 5.32 Å². The number of carbonyl (C=O) groups excluding carboxylic acids is 1. The van der Waals surface area contributed by atoms with Crippen LogP contribution in [-0.4, -0.2) is 29.3 Å². The predicted molar refractivity (Wildman–Crippen MR) is 70.9 cm³/mol. The number of hydrogen-bond donors (Lipinski definition) is 2. The van der Waals surface area contributed by atoms with E-state index >= 15 is 0 Å². The van der Waals surface area contributed by atoms with E-state index in [-0.39, 0.29) is 0 Å². The molecule has 5 nitrogen and oxygen atoms in total. The van der Waals surface area contributed by atoms with Gasteiger partial charge in [-0.3, -0.25) is 4.79 Å². The van der Waals surface area contributed by atoms with Crippen LogP contribution in [0.2, 0.25) is 0 Å². The summed E-state index contributed by atoms with van der Waals surface area (Å²) < 4.78 is 4.77. The van der Waals surface area contributed by atoms with E-state index < -0.39 is 24.2 Å². The van der Waals surface area contributed by atoms with Gasteiger partial charge in [-0.25, -0.2) is 4.79 Å². The van der Waals surface area contributed by atoms with Gasteiger partial charge in [0.25, 0.3) is 0 Å². The zero-order valence-corrected chi connectivity index (χ0v) is 11.8. The summed E-state index contributed by atoms with van der Waals surface area (Å²) in [5.41, 5.74) is 0.766. The van der Waals surface area contributed by atoms with Crippen LogP contribution in [0.3, 0.4) is 0 Å². The van der Waals surface area contributed by atoms with Gasteiger partial charge in [0.15, 0.2) is 0 Å². The van der Waals surface area contributed by atoms with Crippen LogP contribution in [0.25, 0.3) is 0 Å². The normalized spacial score (nSPS) is 10.0. The second-order valence-electron chi connectivity index (χ2n) is 4.55. The van der Waals surface area contributed by atoms with Crippen LogP contribution in [0, 0.1) is 6.92 Å². The zero-order valence-electron chi connectivity index (χ0n) is 11.0. The molecule has 0 atom stereocenters. The van der Waals surface area contributed by atoms with E-state index in [4.69, 9.17) is 9.84 Å². The maximum absolute atomic E-state index is 10.8. The summed E-state index contributed by atoms with van der Waals surface area (Å²) in [7, 11) is 0. The number of ether oxygens (including phenoxy) is 1. The smallest absolute Gasteiger partial charge is 0.408 e. The van der Waals surface area contributed by atoms with Crippen molar-refractivity contribution in [3.8, 4) is 0 Å². The van der Waals surface area contributed by atoms with E-state index in [2.05, 4.69) is 29.1 Å². The second kappa shape index (κ2) is 7.71. The highest BCUT2D eigenvalue weighted by molar-refractivity contribution is 7.07. The fourth-order valence-electron chi connectivity index (χ4n) is 0.794. The number of rotatable bonds is 2. The molecule has 0 spiro atoms. The van der Waals surface area contributed by atoms with Crippen molar-refractivity contribution in [2.45, 2.75) is 33.3 Å². The topological polar surface area (TPSA) is 75.6 Å². The van der Waals surface area contributed by atoms with Crippen LogP contribution in [-0.2, 0) is 9.53 Å². The van der Waals surface area contributed by atoms with Gasteiger partial charge in [-0.15, -0.1) is 0 Å². The number of carbonyl (C=O) groups is 2. The lowest BCUT2D eigenvalue weighted by Gasteiger charge is -2.19. The van der Waals surface area contributed by atoms with Crippen molar-refractivity contribution >= 4 is 23.4 Å². The van der Waals surface area contributed by atoms with Crippen molar-refractivity contribution in [3.63, 3.8) is 0 Å². The Bertz CT molecular complexity index is 368. The molecule has 0 fully saturated rings. The number of carboxylic acid groups (broad SMARTS) is 1. The lowest BCUT2D eigenvalue weighted by molar-refractivity contribution is -0.136. The molecule has 0 aromatic carbocycles. The maximum Gasteiger partial charge on any atom is 0.408 e. The largest absolute Gasteiger partial charge is 0.480 e. The lowest BCUT2D eigenvalue weighted by Crippen LogP contribution is -2.35. The first kappa shape index (κ1) is 16.4. The molecule has 1 aromatic heterocycles. The van der Waals surface area contributed by atoms with E-state index in [0.717, 1.165) is 0 Å². The van der Waals surface area contributed by atoms with E-state index in [1.807, 2.05) is 0 Å². The summed E-state index contributed by atoms with van der Waals surface area (Å²) in [6, 6.07) is 2.10. The fraction of sp³-hybridized carbons (Fsp3) is 0.500. The number of carboxylic acids is 1. The third kappa shape index (κ3) is 10.9. The molecule has 0 radical (unpaired) electrons. The molecular formula is C12H19NO4S. The van der Waals surface area contributed by atoms with E-state index in [0.29, 0.717) is 0 Å². The van der Waals surface area contributed by atoms with Crippen molar-refractivity contribution in [1.29, 1.82) is 0 Å². The van der Waals surface area contributed by atoms with Gasteiger partial charge in [-0.1, -0.05) is 0 Å². The van der Waals surface area contributed by atoms with Crippen LogP contribution in [0.1, 0.15) is 26.3 Å². The number of aryl methyl sites for hydroxylation is 1. The van der Waals surface area contributed by atoms with Crippen LogP contribution in [0.15, 0.2) is 16.8 Å². The number of amides is 1. The Morgan fingerprint density at radius 2 is 2.06 bits per heavy atom. The molecule has 6 heteroatoms. The standard InChI is InChI=1S/C7H13NO4.C5H6S/c1-7(2,3)12-6(11)8-4-5(9)10;1-5-2-3-6-4-5/h4H2,1-3H3,(H,8,11)(H,9,10);2-4H,1H3. The van der Waals surface area contributed by atoms with Gasteiger partial charge in [-0.2, -0.15) is 11.3 Å². The molecule has 0 bridgehead atoms. The minimum atomic E-state index is -1.10. The maximum atomic E-state index is 10.8. The van der Waals surface area contributed by atoms with Crippen LogP contribution in [0.5, 0.6) is 0 Å². The Balaban J connectivity index is 0.000000397. The van der Waals surface area contributed by atoms with Gasteiger partial charge in [-0.05, 0) is 50.1 Å². The van der Waals surface area contributed by atoms with Gasteiger partial charge in [0.2, 0.25) is 0 Å². The highest BCUT2D eigenvalue weighted by atomic mass is 32.1. The van der Waals surface area contributed by atoms with Gasteiger partial charge in [0.05, 0.1) is 0 Å². The first-order valence-corrected chi connectivity index (χ1v) is 6.32. The molecule has 0 saturated carbocycles. The summed E-state index contributed by atoms with van der Waals surface area (Å²) in [6.45, 7) is 6.78. The first-order chi connectivity index (χ1) is 8.20. The highest BCUT2D eigenvalue weighted by Crippen LogP contribution is 2.05. The lowest BCUT2D eigenvalue weighted by atomic mass is 10.2. The summed E-state index contributed by atoms with van der Waals surface area (Å²) in [5, 5.41) is 14.5. The Morgan fingerprint density at radius 3 is 2.33 bits per heavy atom. The second-order valence-corrected chi connectivity index (χ2v) is 5.33. The minimum Gasteiger partial charge on any atom is -0.480 e. The molecule has 102 valence electrons. The van der Waals surface area contributed by atoms with E-state index in [9.17, 15) is 9.59 Å². The molecule has 0 saturated heterocycles. The number of alkyl carbamates (subject to hydrolysis) is 1. The Morgan fingerprint density at radius 1 is 1.44 bits per heavy atom. The predicted octanol–water partition coefficient (Wildman–Crippen LogP) is 2.65. The Kier molecular flexibility index (Phi) is 7.04. The van der Waals surface area contributed by atoms with Crippen LogP contribution < -0.4 is 5.32 Å². The van der Waals surface area contributed by atoms with Crippen LogP contribution in [0.4, 0.5) is 4.79 Å². The van der Waals surface area contributed by atoms with Gasteiger partial charge >= 0.3 is 12.1 Å². The SMILES string of the molecule is CC(C)(C)OC(=O)NCC(=O)O.Cc1ccsc1. The Labute approximate surface area is 111 Å². The van der Waals surface area contributed by atoms with Crippen molar-refractivity contribution in [2.24, 2.45) is 0 Å². The third-order valence-corrected chi connectivity index (χ3v) is 2.25. The minimum absolute atomic E-state index is 0.422. The molecular weight excluding hydrogens is 254 g/mol. The third-order valence-electron chi connectivity index (χ3n) is 1.45. The number of aliphatic carboxylic acids is 1. The number of hydrogen-bond acceptors (Lipinski definition) is 4. The molecule has 18 heavy (non-hydrogen) atoms. The molecule has 0 aliphatic heterocycles. The molecule has 0 aliphatic carbocycles. The first-order valence-electron chi connectivity index (χ1n) is 5.38.